The van der Waals surface area contributed by atoms with Gasteiger partial charge in [-0.15, -0.1) is 0 Å². The van der Waals surface area contributed by atoms with Gasteiger partial charge in [-0.3, -0.25) is 0 Å². The van der Waals surface area contributed by atoms with Gasteiger partial charge in [0.25, 0.3) is 8.32 Å². The number of hydrogen-bond acceptors (Lipinski definition) is 2. The summed E-state index contributed by atoms with van der Waals surface area (Å²) in [7, 11) is -2.03. The number of carboxylic acids is 1. The Bertz CT molecular complexity index is 499. The minimum atomic E-state index is -2.03. The smallest absolute Gasteiger partial charge is 0.339 e. The van der Waals surface area contributed by atoms with Gasteiger partial charge in [-0.05, 0) is 49.2 Å². The van der Waals surface area contributed by atoms with E-state index in [1.807, 2.05) is 26.0 Å². The average Bonchev–Trinajstić information content (AvgIpc) is 2.12. The van der Waals surface area contributed by atoms with Crippen molar-refractivity contribution in [1.29, 1.82) is 0 Å². The monoisotopic (exact) mass is 280 g/mol. The van der Waals surface area contributed by atoms with Gasteiger partial charge in [-0.1, -0.05) is 26.8 Å². The molecule has 0 radical (unpaired) electrons. The van der Waals surface area contributed by atoms with Crippen LogP contribution in [0.5, 0.6) is 5.75 Å². The van der Waals surface area contributed by atoms with Crippen LogP contribution in [0.15, 0.2) is 12.1 Å². The van der Waals surface area contributed by atoms with E-state index < -0.39 is 14.3 Å². The molecular formula is C15H24O3Si. The second-order valence-electron chi connectivity index (χ2n) is 6.62. The van der Waals surface area contributed by atoms with Crippen LogP contribution < -0.4 is 4.43 Å². The van der Waals surface area contributed by atoms with Gasteiger partial charge in [0, 0.05) is 0 Å². The van der Waals surface area contributed by atoms with Crippen LogP contribution in [0.1, 0.15) is 42.3 Å². The lowest BCUT2D eigenvalue weighted by atomic mass is 10.0. The van der Waals surface area contributed by atoms with E-state index in [1.165, 1.54) is 0 Å². The van der Waals surface area contributed by atoms with Crippen LogP contribution >= 0.6 is 0 Å². The molecule has 0 saturated heterocycles. The summed E-state index contributed by atoms with van der Waals surface area (Å²) in [6.45, 7) is 14.4. The molecule has 4 heteroatoms. The molecule has 0 aromatic heterocycles. The Morgan fingerprint density at radius 3 is 2.16 bits per heavy atom. The summed E-state index contributed by atoms with van der Waals surface area (Å²) >= 11 is 0. The van der Waals surface area contributed by atoms with Crippen molar-refractivity contribution < 1.29 is 14.3 Å². The highest BCUT2D eigenvalue weighted by Crippen LogP contribution is 2.38. The standard InChI is InChI=1S/C15H24O3Si/c1-10-8-11(2)13(14(16)17)12(9-10)18-19(6,7)15(3,4)5/h8-9H,1-7H3,(H,16,17). The van der Waals surface area contributed by atoms with Gasteiger partial charge in [0.2, 0.25) is 0 Å². The topological polar surface area (TPSA) is 46.5 Å². The third-order valence-corrected chi connectivity index (χ3v) is 8.17. The molecule has 1 rings (SSSR count). The van der Waals surface area contributed by atoms with Crippen molar-refractivity contribution in [3.05, 3.63) is 28.8 Å². The predicted octanol–water partition coefficient (Wildman–Crippen LogP) is 4.39. The van der Waals surface area contributed by atoms with Crippen LogP contribution in [0.2, 0.25) is 18.1 Å². The maximum atomic E-state index is 11.4. The number of aromatic carboxylic acids is 1. The molecule has 0 amide bonds. The Balaban J connectivity index is 3.32. The fourth-order valence-electron chi connectivity index (χ4n) is 1.71. The van der Waals surface area contributed by atoms with Crippen molar-refractivity contribution in [1.82, 2.24) is 0 Å². The number of hydrogen-bond donors (Lipinski definition) is 1. The number of aryl methyl sites for hydroxylation is 2. The van der Waals surface area contributed by atoms with Gasteiger partial charge < -0.3 is 9.53 Å². The highest BCUT2D eigenvalue weighted by Gasteiger charge is 2.39. The Morgan fingerprint density at radius 1 is 1.21 bits per heavy atom. The summed E-state index contributed by atoms with van der Waals surface area (Å²) in [6, 6.07) is 3.71. The van der Waals surface area contributed by atoms with Gasteiger partial charge in [-0.25, -0.2) is 4.79 Å². The molecule has 0 aliphatic carbocycles. The van der Waals surface area contributed by atoms with Crippen LogP contribution in [-0.4, -0.2) is 19.4 Å². The molecule has 1 N–H and O–H groups in total. The van der Waals surface area contributed by atoms with Crippen LogP contribution in [0.4, 0.5) is 0 Å². The third-order valence-electron chi connectivity index (χ3n) is 3.83. The van der Waals surface area contributed by atoms with Crippen LogP contribution in [-0.2, 0) is 0 Å². The van der Waals surface area contributed by atoms with E-state index in [1.54, 1.807) is 0 Å². The zero-order chi connectivity index (χ0) is 15.0. The first kappa shape index (κ1) is 15.8. The van der Waals surface area contributed by atoms with Crippen molar-refractivity contribution in [3.8, 4) is 5.75 Å². The van der Waals surface area contributed by atoms with Crippen molar-refractivity contribution >= 4 is 14.3 Å². The summed E-state index contributed by atoms with van der Waals surface area (Å²) in [4.78, 5) is 11.4. The molecule has 0 saturated carbocycles. The van der Waals surface area contributed by atoms with Crippen molar-refractivity contribution in [2.75, 3.05) is 0 Å². The fraction of sp³-hybridized carbons (Fsp3) is 0.533. The van der Waals surface area contributed by atoms with E-state index in [4.69, 9.17) is 4.43 Å². The van der Waals surface area contributed by atoms with Crippen LogP contribution in [0.3, 0.4) is 0 Å². The lowest BCUT2D eigenvalue weighted by Crippen LogP contribution is -2.44. The maximum Gasteiger partial charge on any atom is 0.339 e. The first-order valence-electron chi connectivity index (χ1n) is 6.49. The molecule has 0 aliphatic heterocycles. The second-order valence-corrected chi connectivity index (χ2v) is 11.3. The molecule has 0 heterocycles. The van der Waals surface area contributed by atoms with Crippen molar-refractivity contribution in [2.45, 2.75) is 52.8 Å². The normalized spacial score (nSPS) is 12.4. The number of rotatable bonds is 3. The van der Waals surface area contributed by atoms with Gasteiger partial charge in [0.05, 0.1) is 0 Å². The molecular weight excluding hydrogens is 256 g/mol. The van der Waals surface area contributed by atoms with Gasteiger partial charge in [-0.2, -0.15) is 0 Å². The summed E-state index contributed by atoms with van der Waals surface area (Å²) in [6.07, 6.45) is 0. The van der Waals surface area contributed by atoms with E-state index >= 15 is 0 Å². The Hall–Kier alpha value is -1.29. The molecule has 1 aromatic rings. The highest BCUT2D eigenvalue weighted by atomic mass is 28.4. The molecule has 19 heavy (non-hydrogen) atoms. The minimum absolute atomic E-state index is 0.0421. The molecule has 0 aliphatic rings. The van der Waals surface area contributed by atoms with Gasteiger partial charge in [0.15, 0.2) is 0 Å². The summed E-state index contributed by atoms with van der Waals surface area (Å²) in [5, 5.41) is 9.41. The molecule has 106 valence electrons. The van der Waals surface area contributed by atoms with Crippen molar-refractivity contribution in [3.63, 3.8) is 0 Å². The Morgan fingerprint density at radius 2 is 1.74 bits per heavy atom. The fourth-order valence-corrected chi connectivity index (χ4v) is 2.73. The largest absolute Gasteiger partial charge is 0.543 e. The molecule has 0 unspecified atom stereocenters. The Labute approximate surface area is 116 Å². The van der Waals surface area contributed by atoms with E-state index in [2.05, 4.69) is 33.9 Å². The van der Waals surface area contributed by atoms with E-state index in [0.29, 0.717) is 5.75 Å². The first-order chi connectivity index (χ1) is 8.45. The minimum Gasteiger partial charge on any atom is -0.543 e. The average molecular weight is 280 g/mol. The summed E-state index contributed by atoms with van der Waals surface area (Å²) in [5.41, 5.74) is 2.06. The molecule has 3 nitrogen and oxygen atoms in total. The van der Waals surface area contributed by atoms with Crippen LogP contribution in [0.25, 0.3) is 0 Å². The maximum absolute atomic E-state index is 11.4. The Kier molecular flexibility index (Phi) is 4.15. The molecule has 0 spiro atoms. The van der Waals surface area contributed by atoms with E-state index in [0.717, 1.165) is 11.1 Å². The quantitative estimate of drug-likeness (QED) is 0.835. The second kappa shape index (κ2) is 5.00. The van der Waals surface area contributed by atoms with Crippen molar-refractivity contribution in [2.24, 2.45) is 0 Å². The number of carboxylic acid groups (broad SMARTS) is 1. The highest BCUT2D eigenvalue weighted by molar-refractivity contribution is 6.74. The number of carbonyl (C=O) groups is 1. The zero-order valence-electron chi connectivity index (χ0n) is 12.9. The lowest BCUT2D eigenvalue weighted by Gasteiger charge is -2.37. The summed E-state index contributed by atoms with van der Waals surface area (Å²) in [5.74, 6) is -0.414. The van der Waals surface area contributed by atoms with E-state index in [9.17, 15) is 9.90 Å². The molecule has 0 atom stereocenters. The van der Waals surface area contributed by atoms with Crippen LogP contribution in [0, 0.1) is 13.8 Å². The van der Waals surface area contributed by atoms with Gasteiger partial charge >= 0.3 is 5.97 Å². The SMILES string of the molecule is Cc1cc(C)c(C(=O)O)c(O[Si](C)(C)C(C)(C)C)c1. The molecule has 1 aromatic carbocycles. The molecule has 0 bridgehead atoms. The first-order valence-corrected chi connectivity index (χ1v) is 9.40. The zero-order valence-corrected chi connectivity index (χ0v) is 13.9. The summed E-state index contributed by atoms with van der Waals surface area (Å²) < 4.78 is 6.18. The van der Waals surface area contributed by atoms with Gasteiger partial charge in [0.1, 0.15) is 11.3 Å². The number of benzene rings is 1. The third kappa shape index (κ3) is 3.38. The van der Waals surface area contributed by atoms with E-state index in [-0.39, 0.29) is 10.6 Å². The lowest BCUT2D eigenvalue weighted by molar-refractivity contribution is 0.0694. The predicted molar refractivity (Wildman–Crippen MR) is 80.7 cm³/mol. The molecule has 0 fully saturated rings.